The number of carbonyl (C=O) groups is 1. The lowest BCUT2D eigenvalue weighted by molar-refractivity contribution is 0.0952. The maximum absolute atomic E-state index is 12.7. The van der Waals surface area contributed by atoms with Crippen LogP contribution < -0.4 is 5.32 Å². The summed E-state index contributed by atoms with van der Waals surface area (Å²) in [4.78, 5) is 13.9. The highest BCUT2D eigenvalue weighted by molar-refractivity contribution is 7.09. The summed E-state index contributed by atoms with van der Waals surface area (Å²) in [6, 6.07) is 17.7. The molecule has 0 radical (unpaired) electrons. The lowest BCUT2D eigenvalue weighted by atomic mass is 10.0. The summed E-state index contributed by atoms with van der Waals surface area (Å²) in [7, 11) is 0. The van der Waals surface area contributed by atoms with Gasteiger partial charge in [0.05, 0.1) is 16.7 Å². The second-order valence-corrected chi connectivity index (χ2v) is 8.00. The van der Waals surface area contributed by atoms with Gasteiger partial charge < -0.3 is 5.32 Å². The van der Waals surface area contributed by atoms with Gasteiger partial charge in [0.25, 0.3) is 5.91 Å². The minimum absolute atomic E-state index is 0.0273. The van der Waals surface area contributed by atoms with E-state index >= 15 is 0 Å². The number of nitrogens with zero attached hydrogens (tertiary/aromatic N) is 2. The molecule has 2 aromatic heterocycles. The Morgan fingerprint density at radius 2 is 2.00 bits per heavy atom. The Bertz CT molecular complexity index is 1090. The molecule has 0 aliphatic carbocycles. The Hall–Kier alpha value is -2.63. The fourth-order valence-corrected chi connectivity index (χ4v) is 4.22. The number of hydrogen-bond donors (Lipinski definition) is 1. The molecule has 0 saturated heterocycles. The summed E-state index contributed by atoms with van der Waals surface area (Å²) in [6.45, 7) is 1.31. The summed E-state index contributed by atoms with van der Waals surface area (Å²) in [5.41, 5.74) is 2.81. The van der Waals surface area contributed by atoms with Crippen molar-refractivity contribution in [3.63, 3.8) is 0 Å². The van der Waals surface area contributed by atoms with Crippen LogP contribution in [0, 0.1) is 0 Å². The van der Waals surface area contributed by atoms with Crippen LogP contribution in [-0.4, -0.2) is 22.2 Å². The highest BCUT2D eigenvalue weighted by Gasteiger charge is 2.11. The number of thiophene rings is 1. The Labute approximate surface area is 172 Å². The zero-order valence-corrected chi connectivity index (χ0v) is 16.8. The fraction of sp³-hybridized carbons (Fsp3) is 0.182. The molecule has 0 aliphatic heterocycles. The molecule has 0 saturated carbocycles. The number of aryl methyl sites for hydroxylation is 1. The SMILES string of the molecule is O=C(NCCCn1ncc2c(Cl)cccc21)c1ccccc1Cc1cccs1. The summed E-state index contributed by atoms with van der Waals surface area (Å²) in [5.74, 6) is -0.0273. The number of fused-ring (bicyclic) bond motifs is 1. The summed E-state index contributed by atoms with van der Waals surface area (Å²) >= 11 is 7.91. The lowest BCUT2D eigenvalue weighted by Gasteiger charge is -2.10. The largest absolute Gasteiger partial charge is 0.352 e. The Kier molecular flexibility index (Phi) is 5.74. The van der Waals surface area contributed by atoms with E-state index in [0.29, 0.717) is 11.6 Å². The van der Waals surface area contributed by atoms with Crippen LogP contribution in [0.25, 0.3) is 10.9 Å². The van der Waals surface area contributed by atoms with E-state index in [2.05, 4.69) is 21.9 Å². The van der Waals surface area contributed by atoms with Crippen LogP contribution >= 0.6 is 22.9 Å². The molecule has 2 heterocycles. The van der Waals surface area contributed by atoms with Crippen molar-refractivity contribution >= 4 is 39.7 Å². The zero-order valence-electron chi connectivity index (χ0n) is 15.3. The topological polar surface area (TPSA) is 46.9 Å². The molecule has 4 aromatic rings. The molecule has 0 fully saturated rings. The third-order valence-electron chi connectivity index (χ3n) is 4.67. The van der Waals surface area contributed by atoms with E-state index in [0.717, 1.165) is 41.4 Å². The van der Waals surface area contributed by atoms with Crippen LogP contribution in [0.15, 0.2) is 66.2 Å². The average molecular weight is 410 g/mol. The highest BCUT2D eigenvalue weighted by atomic mass is 35.5. The summed E-state index contributed by atoms with van der Waals surface area (Å²) < 4.78 is 1.93. The number of halogens is 1. The van der Waals surface area contributed by atoms with Crippen molar-refractivity contribution < 1.29 is 4.79 Å². The van der Waals surface area contributed by atoms with E-state index < -0.39 is 0 Å². The predicted molar refractivity (Wildman–Crippen MR) is 115 cm³/mol. The second kappa shape index (κ2) is 8.59. The average Bonchev–Trinajstić information content (AvgIpc) is 3.36. The molecule has 2 aromatic carbocycles. The second-order valence-electron chi connectivity index (χ2n) is 6.56. The molecule has 0 unspecified atom stereocenters. The van der Waals surface area contributed by atoms with Crippen LogP contribution in [0.1, 0.15) is 27.2 Å². The van der Waals surface area contributed by atoms with E-state index in [-0.39, 0.29) is 5.91 Å². The molecule has 0 spiro atoms. The van der Waals surface area contributed by atoms with E-state index in [9.17, 15) is 4.79 Å². The molecular formula is C22H20ClN3OS. The molecule has 0 atom stereocenters. The fourth-order valence-electron chi connectivity index (χ4n) is 3.27. The quantitative estimate of drug-likeness (QED) is 0.428. The normalized spacial score (nSPS) is 11.0. The first-order valence-corrected chi connectivity index (χ1v) is 10.5. The summed E-state index contributed by atoms with van der Waals surface area (Å²) in [6.07, 6.45) is 3.36. The van der Waals surface area contributed by atoms with Gasteiger partial charge in [0.2, 0.25) is 0 Å². The van der Waals surface area contributed by atoms with Gasteiger partial charge >= 0.3 is 0 Å². The first kappa shape index (κ1) is 18.7. The van der Waals surface area contributed by atoms with Gasteiger partial charge in [-0.15, -0.1) is 11.3 Å². The summed E-state index contributed by atoms with van der Waals surface area (Å²) in [5, 5.41) is 11.2. The third-order valence-corrected chi connectivity index (χ3v) is 5.88. The van der Waals surface area contributed by atoms with Crippen LogP contribution in [0.5, 0.6) is 0 Å². The van der Waals surface area contributed by atoms with Crippen molar-refractivity contribution in [2.24, 2.45) is 0 Å². The first-order valence-electron chi connectivity index (χ1n) is 9.21. The van der Waals surface area contributed by atoms with Gasteiger partial charge in [0, 0.05) is 35.3 Å². The molecule has 1 amide bonds. The van der Waals surface area contributed by atoms with Gasteiger partial charge in [-0.1, -0.05) is 41.9 Å². The number of nitrogens with one attached hydrogen (secondary N) is 1. The van der Waals surface area contributed by atoms with Crippen molar-refractivity contribution in [3.05, 3.63) is 87.2 Å². The minimum Gasteiger partial charge on any atom is -0.352 e. The van der Waals surface area contributed by atoms with Crippen LogP contribution in [0.4, 0.5) is 0 Å². The molecule has 142 valence electrons. The van der Waals surface area contributed by atoms with Gasteiger partial charge in [-0.05, 0) is 41.6 Å². The van der Waals surface area contributed by atoms with Gasteiger partial charge in [0.15, 0.2) is 0 Å². The molecule has 0 bridgehead atoms. The van der Waals surface area contributed by atoms with E-state index in [4.69, 9.17) is 11.6 Å². The number of rotatable bonds is 7. The van der Waals surface area contributed by atoms with Crippen molar-refractivity contribution in [1.29, 1.82) is 0 Å². The molecule has 4 rings (SSSR count). The maximum atomic E-state index is 12.7. The Balaban J connectivity index is 1.35. The third kappa shape index (κ3) is 4.11. The molecule has 28 heavy (non-hydrogen) atoms. The molecule has 1 N–H and O–H groups in total. The van der Waals surface area contributed by atoms with Gasteiger partial charge in [-0.3, -0.25) is 9.48 Å². The van der Waals surface area contributed by atoms with E-state index in [1.165, 1.54) is 4.88 Å². The lowest BCUT2D eigenvalue weighted by Crippen LogP contribution is -2.26. The Morgan fingerprint density at radius 1 is 1.11 bits per heavy atom. The molecular weight excluding hydrogens is 390 g/mol. The van der Waals surface area contributed by atoms with Gasteiger partial charge in [-0.2, -0.15) is 5.10 Å². The number of amides is 1. The van der Waals surface area contributed by atoms with Crippen molar-refractivity contribution in [1.82, 2.24) is 15.1 Å². The van der Waals surface area contributed by atoms with Gasteiger partial charge in [0.1, 0.15) is 0 Å². The van der Waals surface area contributed by atoms with Crippen molar-refractivity contribution in [2.45, 2.75) is 19.4 Å². The standard InChI is InChI=1S/C22H20ClN3OS/c23-20-9-3-10-21-19(20)15-25-26(21)12-5-11-24-22(27)18-8-2-1-6-16(18)14-17-7-4-13-28-17/h1-4,6-10,13,15H,5,11-12,14H2,(H,24,27). The van der Waals surface area contributed by atoms with E-state index in [1.54, 1.807) is 17.5 Å². The Morgan fingerprint density at radius 3 is 2.86 bits per heavy atom. The predicted octanol–water partition coefficient (Wildman–Crippen LogP) is 5.16. The van der Waals surface area contributed by atoms with Crippen molar-refractivity contribution in [3.8, 4) is 0 Å². The minimum atomic E-state index is -0.0273. The van der Waals surface area contributed by atoms with Crippen LogP contribution in [0.3, 0.4) is 0 Å². The number of carbonyl (C=O) groups excluding carboxylic acids is 1. The molecule has 4 nitrogen and oxygen atoms in total. The zero-order chi connectivity index (χ0) is 19.3. The molecule has 6 heteroatoms. The maximum Gasteiger partial charge on any atom is 0.251 e. The smallest absolute Gasteiger partial charge is 0.251 e. The van der Waals surface area contributed by atoms with Crippen LogP contribution in [0.2, 0.25) is 5.02 Å². The first-order chi connectivity index (χ1) is 13.7. The monoisotopic (exact) mass is 409 g/mol. The van der Waals surface area contributed by atoms with Crippen LogP contribution in [-0.2, 0) is 13.0 Å². The number of aromatic nitrogens is 2. The van der Waals surface area contributed by atoms with E-state index in [1.807, 2.05) is 53.2 Å². The van der Waals surface area contributed by atoms with Gasteiger partial charge in [-0.25, -0.2) is 0 Å². The van der Waals surface area contributed by atoms with Crippen molar-refractivity contribution in [2.75, 3.05) is 6.54 Å². The number of benzene rings is 2. The highest BCUT2D eigenvalue weighted by Crippen LogP contribution is 2.23. The number of hydrogen-bond acceptors (Lipinski definition) is 3. The molecule has 0 aliphatic rings.